The van der Waals surface area contributed by atoms with Crippen molar-refractivity contribution in [1.29, 1.82) is 0 Å². The largest absolute Gasteiger partial charge is 0.383 e. The summed E-state index contributed by atoms with van der Waals surface area (Å²) in [5, 5.41) is 5.55. The van der Waals surface area contributed by atoms with Crippen LogP contribution in [0.1, 0.15) is 6.92 Å². The van der Waals surface area contributed by atoms with Crippen LogP contribution in [0.25, 0.3) is 0 Å². The van der Waals surface area contributed by atoms with Gasteiger partial charge in [-0.3, -0.25) is 4.79 Å². The maximum absolute atomic E-state index is 12.6. The second-order valence-corrected chi connectivity index (χ2v) is 3.51. The zero-order chi connectivity index (χ0) is 12.7. The molecule has 1 heterocycles. The smallest absolute Gasteiger partial charge is 0.242 e. The molecule has 0 radical (unpaired) electrons. The summed E-state index contributed by atoms with van der Waals surface area (Å²) in [6.07, 6.45) is 1.10. The number of rotatable bonds is 6. The summed E-state index contributed by atoms with van der Waals surface area (Å²) in [5.41, 5.74) is 0. The molecule has 1 atom stereocenters. The Morgan fingerprint density at radius 2 is 2.35 bits per heavy atom. The van der Waals surface area contributed by atoms with E-state index in [1.807, 2.05) is 0 Å². The van der Waals surface area contributed by atoms with Crippen LogP contribution in [0.15, 0.2) is 18.3 Å². The van der Waals surface area contributed by atoms with E-state index < -0.39 is 11.9 Å². The number of hydrogen-bond donors (Lipinski definition) is 2. The summed E-state index contributed by atoms with van der Waals surface area (Å²) in [6, 6.07) is 2.32. The molecule has 0 saturated carbocycles. The lowest BCUT2D eigenvalue weighted by Crippen LogP contribution is -2.39. The van der Waals surface area contributed by atoms with Crippen molar-refractivity contribution in [2.45, 2.75) is 13.0 Å². The number of pyridine rings is 1. The van der Waals surface area contributed by atoms with Gasteiger partial charge in [0.1, 0.15) is 17.7 Å². The molecule has 0 aliphatic rings. The first-order chi connectivity index (χ1) is 8.13. The molecule has 0 aliphatic heterocycles. The summed E-state index contributed by atoms with van der Waals surface area (Å²) in [4.78, 5) is 15.4. The molecule has 0 bridgehead atoms. The van der Waals surface area contributed by atoms with Crippen LogP contribution in [0.4, 0.5) is 10.2 Å². The van der Waals surface area contributed by atoms with E-state index in [-0.39, 0.29) is 5.91 Å². The number of ether oxygens (including phenoxy) is 1. The Hall–Kier alpha value is -1.69. The zero-order valence-corrected chi connectivity index (χ0v) is 9.87. The normalized spacial score (nSPS) is 11.9. The van der Waals surface area contributed by atoms with Crippen LogP contribution in [0.2, 0.25) is 0 Å². The lowest BCUT2D eigenvalue weighted by atomic mass is 10.3. The molecule has 0 aliphatic carbocycles. The second-order valence-electron chi connectivity index (χ2n) is 3.51. The van der Waals surface area contributed by atoms with Gasteiger partial charge in [0.15, 0.2) is 0 Å². The number of methoxy groups -OCH3 is 1. The monoisotopic (exact) mass is 241 g/mol. The summed E-state index contributed by atoms with van der Waals surface area (Å²) in [6.45, 7) is 2.62. The number of halogens is 1. The van der Waals surface area contributed by atoms with Gasteiger partial charge in [0.25, 0.3) is 0 Å². The Bertz CT molecular complexity index is 356. The molecule has 1 rings (SSSR count). The molecule has 6 heteroatoms. The Balaban J connectivity index is 2.40. The van der Waals surface area contributed by atoms with Gasteiger partial charge in [-0.15, -0.1) is 0 Å². The molecule has 0 saturated heterocycles. The number of amides is 1. The Morgan fingerprint density at radius 3 is 2.94 bits per heavy atom. The molecule has 0 aromatic carbocycles. The first-order valence-electron chi connectivity index (χ1n) is 5.28. The van der Waals surface area contributed by atoms with Crippen LogP contribution in [0, 0.1) is 5.82 Å². The van der Waals surface area contributed by atoms with Gasteiger partial charge in [-0.2, -0.15) is 0 Å². The molecule has 1 aromatic rings. The van der Waals surface area contributed by atoms with Crippen LogP contribution in [-0.4, -0.2) is 37.2 Å². The van der Waals surface area contributed by atoms with Gasteiger partial charge < -0.3 is 15.4 Å². The molecule has 17 heavy (non-hydrogen) atoms. The predicted molar refractivity (Wildman–Crippen MR) is 62.2 cm³/mol. The van der Waals surface area contributed by atoms with Gasteiger partial charge in [0, 0.05) is 13.7 Å². The molecular formula is C11H16FN3O2. The number of nitrogens with zero attached hydrogens (tertiary/aromatic N) is 1. The van der Waals surface area contributed by atoms with Crippen molar-refractivity contribution in [2.24, 2.45) is 0 Å². The van der Waals surface area contributed by atoms with Crippen molar-refractivity contribution in [1.82, 2.24) is 10.3 Å². The number of anilines is 1. The van der Waals surface area contributed by atoms with E-state index in [1.54, 1.807) is 14.0 Å². The predicted octanol–water partition coefficient (Wildman–Crippen LogP) is 0.784. The average molecular weight is 241 g/mol. The van der Waals surface area contributed by atoms with Crippen molar-refractivity contribution >= 4 is 11.7 Å². The van der Waals surface area contributed by atoms with Crippen LogP contribution in [-0.2, 0) is 9.53 Å². The minimum atomic E-state index is -0.440. The highest BCUT2D eigenvalue weighted by molar-refractivity contribution is 5.83. The van der Waals surface area contributed by atoms with E-state index in [2.05, 4.69) is 15.6 Å². The standard InChI is InChI=1S/C11H16FN3O2/c1-8(11(16)13-5-6-17-2)15-10-4-3-9(12)7-14-10/h3-4,7-8H,5-6H2,1-2H3,(H,13,16)(H,14,15). The highest BCUT2D eigenvalue weighted by Crippen LogP contribution is 2.05. The summed E-state index contributed by atoms with van der Waals surface area (Å²) < 4.78 is 17.4. The van der Waals surface area contributed by atoms with Crippen molar-refractivity contribution in [3.8, 4) is 0 Å². The van der Waals surface area contributed by atoms with E-state index in [4.69, 9.17) is 4.74 Å². The van der Waals surface area contributed by atoms with Crippen LogP contribution in [0.3, 0.4) is 0 Å². The van der Waals surface area contributed by atoms with Gasteiger partial charge >= 0.3 is 0 Å². The molecule has 94 valence electrons. The summed E-state index contributed by atoms with van der Waals surface area (Å²) in [7, 11) is 1.57. The third-order valence-electron chi connectivity index (χ3n) is 2.09. The van der Waals surface area contributed by atoms with Crippen LogP contribution >= 0.6 is 0 Å². The topological polar surface area (TPSA) is 63.2 Å². The van der Waals surface area contributed by atoms with E-state index in [9.17, 15) is 9.18 Å². The molecular weight excluding hydrogens is 225 g/mol. The number of hydrogen-bond acceptors (Lipinski definition) is 4. The Morgan fingerprint density at radius 1 is 1.59 bits per heavy atom. The maximum atomic E-state index is 12.6. The number of carbonyl (C=O) groups excluding carboxylic acids is 1. The van der Waals surface area contributed by atoms with Crippen LogP contribution in [0.5, 0.6) is 0 Å². The van der Waals surface area contributed by atoms with Crippen molar-refractivity contribution in [3.05, 3.63) is 24.1 Å². The lowest BCUT2D eigenvalue weighted by Gasteiger charge is -2.14. The second kappa shape index (κ2) is 6.80. The van der Waals surface area contributed by atoms with E-state index in [1.165, 1.54) is 12.1 Å². The Kier molecular flexibility index (Phi) is 5.35. The first-order valence-corrected chi connectivity index (χ1v) is 5.28. The number of carbonyl (C=O) groups is 1. The highest BCUT2D eigenvalue weighted by Gasteiger charge is 2.12. The van der Waals surface area contributed by atoms with Gasteiger partial charge in [-0.05, 0) is 19.1 Å². The Labute approximate surface area is 99.4 Å². The fourth-order valence-electron chi connectivity index (χ4n) is 1.18. The molecule has 1 amide bonds. The van der Waals surface area contributed by atoms with Crippen molar-refractivity contribution in [2.75, 3.05) is 25.6 Å². The van der Waals surface area contributed by atoms with Gasteiger partial charge in [0.2, 0.25) is 5.91 Å². The lowest BCUT2D eigenvalue weighted by molar-refractivity contribution is -0.121. The van der Waals surface area contributed by atoms with Gasteiger partial charge in [-0.1, -0.05) is 0 Å². The summed E-state index contributed by atoms with van der Waals surface area (Å²) >= 11 is 0. The minimum Gasteiger partial charge on any atom is -0.383 e. The van der Waals surface area contributed by atoms with Crippen molar-refractivity contribution < 1.29 is 13.9 Å². The molecule has 1 unspecified atom stereocenters. The molecule has 0 fully saturated rings. The third-order valence-corrected chi connectivity index (χ3v) is 2.09. The zero-order valence-electron chi connectivity index (χ0n) is 9.87. The molecule has 5 nitrogen and oxygen atoms in total. The van der Waals surface area contributed by atoms with E-state index >= 15 is 0 Å². The maximum Gasteiger partial charge on any atom is 0.242 e. The first kappa shape index (κ1) is 13.4. The van der Waals surface area contributed by atoms with Gasteiger partial charge in [0.05, 0.1) is 12.8 Å². The van der Waals surface area contributed by atoms with Crippen molar-refractivity contribution in [3.63, 3.8) is 0 Å². The fraction of sp³-hybridized carbons (Fsp3) is 0.455. The SMILES string of the molecule is COCCNC(=O)C(C)Nc1ccc(F)cn1. The van der Waals surface area contributed by atoms with E-state index in [0.29, 0.717) is 19.0 Å². The fourth-order valence-corrected chi connectivity index (χ4v) is 1.18. The van der Waals surface area contributed by atoms with Gasteiger partial charge in [-0.25, -0.2) is 9.37 Å². The highest BCUT2D eigenvalue weighted by atomic mass is 19.1. The summed E-state index contributed by atoms with van der Waals surface area (Å²) in [5.74, 6) is -0.110. The average Bonchev–Trinajstić information content (AvgIpc) is 2.32. The van der Waals surface area contributed by atoms with Crippen LogP contribution < -0.4 is 10.6 Å². The van der Waals surface area contributed by atoms with E-state index in [0.717, 1.165) is 6.20 Å². The molecule has 1 aromatic heterocycles. The minimum absolute atomic E-state index is 0.159. The number of aromatic nitrogens is 1. The molecule has 2 N–H and O–H groups in total. The third kappa shape index (κ3) is 4.78. The quantitative estimate of drug-likeness (QED) is 0.723. The number of nitrogens with one attached hydrogen (secondary N) is 2. The molecule has 0 spiro atoms.